The third kappa shape index (κ3) is 3.60. The molecule has 0 aliphatic carbocycles. The Bertz CT molecular complexity index is 880. The van der Waals surface area contributed by atoms with Crippen LogP contribution in [0.5, 0.6) is 17.2 Å². The smallest absolute Gasteiger partial charge is 0.250 e. The minimum Gasteiger partial charge on any atom is -0.538 e. The Morgan fingerprint density at radius 1 is 1.15 bits per heavy atom. The average Bonchev–Trinajstić information content (AvgIpc) is 2.56. The van der Waals surface area contributed by atoms with Gasteiger partial charge in [-0.25, -0.2) is 0 Å². The molecule has 1 aromatic carbocycles. The fourth-order valence-electron chi connectivity index (χ4n) is 2.37. The average molecular weight is 490 g/mol. The van der Waals surface area contributed by atoms with Crippen molar-refractivity contribution < 1.29 is 18.3 Å². The SMILES string of the molecule is COc1cc(OC)c2c(=O)c(C)c(CI)oc2c1O[Si](C)(C)C(C)(C)C. The summed E-state index contributed by atoms with van der Waals surface area (Å²) in [6, 6.07) is 1.70. The number of benzene rings is 1. The van der Waals surface area contributed by atoms with Crippen molar-refractivity contribution in [2.45, 2.75) is 50.3 Å². The highest BCUT2D eigenvalue weighted by atomic mass is 127. The monoisotopic (exact) mass is 490 g/mol. The summed E-state index contributed by atoms with van der Waals surface area (Å²) in [6.45, 7) is 12.6. The van der Waals surface area contributed by atoms with Crippen molar-refractivity contribution >= 4 is 41.9 Å². The van der Waals surface area contributed by atoms with E-state index in [2.05, 4.69) is 56.5 Å². The Labute approximate surface area is 169 Å². The van der Waals surface area contributed by atoms with Gasteiger partial charge in [-0.3, -0.25) is 4.79 Å². The van der Waals surface area contributed by atoms with E-state index in [0.29, 0.717) is 44.0 Å². The van der Waals surface area contributed by atoms with E-state index in [4.69, 9.17) is 18.3 Å². The summed E-state index contributed by atoms with van der Waals surface area (Å²) in [6.07, 6.45) is 0. The number of fused-ring (bicyclic) bond motifs is 1. The first-order chi connectivity index (χ1) is 12.0. The van der Waals surface area contributed by atoms with Crippen molar-refractivity contribution in [2.75, 3.05) is 14.2 Å². The van der Waals surface area contributed by atoms with Crippen LogP contribution in [0, 0.1) is 6.92 Å². The molecule has 2 aromatic rings. The molecule has 0 spiro atoms. The van der Waals surface area contributed by atoms with Crippen LogP contribution in [0.3, 0.4) is 0 Å². The molecule has 7 heteroatoms. The number of halogens is 1. The van der Waals surface area contributed by atoms with Crippen LogP contribution < -0.4 is 19.3 Å². The maximum Gasteiger partial charge on any atom is 0.250 e. The predicted molar refractivity (Wildman–Crippen MR) is 116 cm³/mol. The van der Waals surface area contributed by atoms with Crippen LogP contribution >= 0.6 is 22.6 Å². The first kappa shape index (κ1) is 21.1. The van der Waals surface area contributed by atoms with Gasteiger partial charge >= 0.3 is 0 Å². The molecule has 0 aliphatic rings. The van der Waals surface area contributed by atoms with Crippen LogP contribution in [0.2, 0.25) is 18.1 Å². The van der Waals surface area contributed by atoms with Gasteiger partial charge in [-0.1, -0.05) is 43.4 Å². The van der Waals surface area contributed by atoms with Crippen molar-refractivity contribution in [3.63, 3.8) is 0 Å². The van der Waals surface area contributed by atoms with Gasteiger partial charge in [0.2, 0.25) is 0 Å². The van der Waals surface area contributed by atoms with Gasteiger partial charge in [0.25, 0.3) is 8.32 Å². The third-order valence-electron chi connectivity index (χ3n) is 5.10. The highest BCUT2D eigenvalue weighted by molar-refractivity contribution is 14.1. The van der Waals surface area contributed by atoms with Crippen molar-refractivity contribution in [3.05, 3.63) is 27.6 Å². The molecule has 0 saturated heterocycles. The molecule has 0 radical (unpaired) electrons. The summed E-state index contributed by atoms with van der Waals surface area (Å²) in [5.41, 5.74) is 0.888. The van der Waals surface area contributed by atoms with E-state index in [-0.39, 0.29) is 10.5 Å². The first-order valence-corrected chi connectivity index (χ1v) is 12.9. The second kappa shape index (κ2) is 7.42. The van der Waals surface area contributed by atoms with Crippen LogP contribution in [-0.2, 0) is 4.43 Å². The Morgan fingerprint density at radius 3 is 2.19 bits per heavy atom. The van der Waals surface area contributed by atoms with Gasteiger partial charge < -0.3 is 18.3 Å². The van der Waals surface area contributed by atoms with E-state index in [1.807, 2.05) is 0 Å². The van der Waals surface area contributed by atoms with Crippen molar-refractivity contribution in [3.8, 4) is 17.2 Å². The van der Waals surface area contributed by atoms with E-state index >= 15 is 0 Å². The van der Waals surface area contributed by atoms with Gasteiger partial charge in [0.05, 0.1) is 18.6 Å². The molecule has 1 heterocycles. The number of methoxy groups -OCH3 is 2. The summed E-state index contributed by atoms with van der Waals surface area (Å²) in [5.74, 6) is 2.05. The van der Waals surface area contributed by atoms with Gasteiger partial charge in [-0.2, -0.15) is 0 Å². The van der Waals surface area contributed by atoms with Crippen molar-refractivity contribution in [1.29, 1.82) is 0 Å². The molecular formula is C19H27IO5Si. The molecule has 0 fully saturated rings. The standard InChI is InChI=1S/C19H27IO5Si/c1-11-14(10-20)24-18-15(16(11)21)12(22-5)9-13(23-6)17(18)25-26(7,8)19(2,3)4/h9H,10H2,1-8H3. The highest BCUT2D eigenvalue weighted by Gasteiger charge is 2.40. The molecule has 0 aliphatic heterocycles. The lowest BCUT2D eigenvalue weighted by Crippen LogP contribution is -2.44. The molecule has 0 amide bonds. The van der Waals surface area contributed by atoms with E-state index in [1.54, 1.807) is 20.1 Å². The summed E-state index contributed by atoms with van der Waals surface area (Å²) in [7, 11) is 0.924. The van der Waals surface area contributed by atoms with Crippen LogP contribution in [0.15, 0.2) is 15.3 Å². The molecule has 144 valence electrons. The fourth-order valence-corrected chi connectivity index (χ4v) is 4.10. The molecule has 5 nitrogen and oxygen atoms in total. The second-order valence-electron chi connectivity index (χ2n) is 7.79. The molecule has 0 N–H and O–H groups in total. The maximum atomic E-state index is 13.0. The van der Waals surface area contributed by atoms with E-state index in [9.17, 15) is 4.79 Å². The molecular weight excluding hydrogens is 463 g/mol. The van der Waals surface area contributed by atoms with Crippen LogP contribution in [0.4, 0.5) is 0 Å². The lowest BCUT2D eigenvalue weighted by Gasteiger charge is -2.36. The number of hydrogen-bond donors (Lipinski definition) is 0. The zero-order valence-electron chi connectivity index (χ0n) is 16.7. The normalized spacial score (nSPS) is 12.3. The van der Waals surface area contributed by atoms with Gasteiger partial charge in [0.1, 0.15) is 16.9 Å². The molecule has 2 rings (SSSR count). The first-order valence-electron chi connectivity index (χ1n) is 8.44. The third-order valence-corrected chi connectivity index (χ3v) is 10.1. The fraction of sp³-hybridized carbons (Fsp3) is 0.526. The lowest BCUT2D eigenvalue weighted by atomic mass is 10.1. The predicted octanol–water partition coefficient (Wildman–Crippen LogP) is 5.44. The Balaban J connectivity index is 2.92. The molecule has 26 heavy (non-hydrogen) atoms. The molecule has 0 bridgehead atoms. The van der Waals surface area contributed by atoms with Crippen LogP contribution in [0.25, 0.3) is 11.0 Å². The molecule has 0 saturated carbocycles. The molecule has 0 unspecified atom stereocenters. The van der Waals surface area contributed by atoms with Crippen molar-refractivity contribution in [1.82, 2.24) is 0 Å². The topological polar surface area (TPSA) is 57.9 Å². The Hall–Kier alpha value is -1.22. The van der Waals surface area contributed by atoms with Gasteiger partial charge in [-0.05, 0) is 25.1 Å². The highest BCUT2D eigenvalue weighted by Crippen LogP contribution is 2.45. The Morgan fingerprint density at radius 2 is 1.73 bits per heavy atom. The number of ether oxygens (including phenoxy) is 2. The molecule has 0 atom stereocenters. The molecule has 1 aromatic heterocycles. The van der Waals surface area contributed by atoms with E-state index in [1.165, 1.54) is 7.11 Å². The zero-order chi connectivity index (χ0) is 19.9. The number of rotatable bonds is 5. The minimum absolute atomic E-state index is 0.0126. The van der Waals surface area contributed by atoms with Crippen LogP contribution in [-0.4, -0.2) is 22.5 Å². The zero-order valence-corrected chi connectivity index (χ0v) is 19.9. The quantitative estimate of drug-likeness (QED) is 0.318. The number of hydrogen-bond acceptors (Lipinski definition) is 5. The number of alkyl halides is 1. The Kier molecular flexibility index (Phi) is 6.02. The van der Waals surface area contributed by atoms with Crippen molar-refractivity contribution in [2.24, 2.45) is 0 Å². The van der Waals surface area contributed by atoms with Gasteiger partial charge in [0, 0.05) is 11.6 Å². The van der Waals surface area contributed by atoms with E-state index in [0.717, 1.165) is 0 Å². The summed E-state index contributed by atoms with van der Waals surface area (Å²) >= 11 is 2.19. The summed E-state index contributed by atoms with van der Waals surface area (Å²) in [4.78, 5) is 13.0. The minimum atomic E-state index is -2.18. The summed E-state index contributed by atoms with van der Waals surface area (Å²) < 4.78 is 24.2. The largest absolute Gasteiger partial charge is 0.538 e. The second-order valence-corrected chi connectivity index (χ2v) is 13.3. The lowest BCUT2D eigenvalue weighted by molar-refractivity contribution is 0.373. The maximum absolute atomic E-state index is 13.0. The van der Waals surface area contributed by atoms with E-state index < -0.39 is 8.32 Å². The summed E-state index contributed by atoms with van der Waals surface area (Å²) in [5, 5.41) is 0.384. The van der Waals surface area contributed by atoms with Crippen LogP contribution in [0.1, 0.15) is 32.1 Å². The van der Waals surface area contributed by atoms with Gasteiger partial charge in [0.15, 0.2) is 22.5 Å². The van der Waals surface area contributed by atoms with Gasteiger partial charge in [-0.15, -0.1) is 0 Å².